The minimum Gasteiger partial charge on any atom is -0.464 e. The number of amides is 1. The number of allylic oxidation sites excluding steroid dienone is 9. The Kier molecular flexibility index (Phi) is 11.7. The van der Waals surface area contributed by atoms with Crippen LogP contribution in [0.25, 0.3) is 0 Å². The van der Waals surface area contributed by atoms with E-state index in [1.807, 2.05) is 19.1 Å². The quantitative estimate of drug-likeness (QED) is 0.184. The van der Waals surface area contributed by atoms with Crippen molar-refractivity contribution in [1.82, 2.24) is 5.32 Å². The molecule has 1 aliphatic carbocycles. The maximum absolute atomic E-state index is 12.3. The average Bonchev–Trinajstić information content (AvgIpc) is 2.69. The van der Waals surface area contributed by atoms with E-state index in [0.717, 1.165) is 12.0 Å². The third-order valence-electron chi connectivity index (χ3n) is 5.56. The number of nitrogens with one attached hydrogen (secondary N) is 1. The van der Waals surface area contributed by atoms with Crippen LogP contribution in [-0.2, 0) is 24.4 Å². The standard InChI is InChI=1S/C26H39NO6S/c1-7-16-33-25(29)23(18-34(30,31)32)27-24(28)17-20(3)11-8-10-19(2)13-14-22-21(4)12-9-15-26(22,5)6/h8,10-11,13-14,17,23H,7,9,12,15-16,18H2,1-6H3,(H,27,28)(H,30,31,32)/b11-8+,14-13+,19-10-,20-17+. The molecule has 0 saturated carbocycles. The normalized spacial score (nSPS) is 18.4. The van der Waals surface area contributed by atoms with Crippen molar-refractivity contribution >= 4 is 22.0 Å². The van der Waals surface area contributed by atoms with E-state index in [-0.39, 0.29) is 12.0 Å². The summed E-state index contributed by atoms with van der Waals surface area (Å²) in [5.41, 5.74) is 4.66. The number of rotatable bonds is 11. The highest BCUT2D eigenvalue weighted by Crippen LogP contribution is 2.40. The van der Waals surface area contributed by atoms with Gasteiger partial charge in [0.1, 0.15) is 11.8 Å². The lowest BCUT2D eigenvalue weighted by Gasteiger charge is -2.32. The Morgan fingerprint density at radius 2 is 1.88 bits per heavy atom. The van der Waals surface area contributed by atoms with Crippen LogP contribution in [-0.4, -0.2) is 43.2 Å². The molecule has 8 heteroatoms. The van der Waals surface area contributed by atoms with Crippen molar-refractivity contribution in [2.24, 2.45) is 5.41 Å². The summed E-state index contributed by atoms with van der Waals surface area (Å²) in [5, 5.41) is 2.29. The van der Waals surface area contributed by atoms with Crippen molar-refractivity contribution in [3.63, 3.8) is 0 Å². The molecule has 1 rings (SSSR count). The summed E-state index contributed by atoms with van der Waals surface area (Å²) >= 11 is 0. The van der Waals surface area contributed by atoms with E-state index in [1.54, 1.807) is 19.9 Å². The van der Waals surface area contributed by atoms with Gasteiger partial charge in [-0.1, -0.05) is 62.3 Å². The minimum atomic E-state index is -4.48. The number of hydrogen-bond donors (Lipinski definition) is 2. The maximum Gasteiger partial charge on any atom is 0.329 e. The van der Waals surface area contributed by atoms with E-state index in [0.29, 0.717) is 12.0 Å². The van der Waals surface area contributed by atoms with E-state index in [4.69, 9.17) is 9.29 Å². The van der Waals surface area contributed by atoms with Crippen LogP contribution in [0.5, 0.6) is 0 Å². The maximum atomic E-state index is 12.3. The van der Waals surface area contributed by atoms with Crippen molar-refractivity contribution in [3.8, 4) is 0 Å². The molecule has 0 heterocycles. The third kappa shape index (κ3) is 11.1. The van der Waals surface area contributed by atoms with Gasteiger partial charge in [-0.05, 0) is 63.0 Å². The van der Waals surface area contributed by atoms with E-state index < -0.39 is 33.8 Å². The first kappa shape index (κ1) is 29.6. The molecule has 0 saturated heterocycles. The van der Waals surface area contributed by atoms with Crippen molar-refractivity contribution < 1.29 is 27.3 Å². The Hall–Kier alpha value is -2.45. The van der Waals surface area contributed by atoms with Crippen molar-refractivity contribution in [2.75, 3.05) is 12.4 Å². The van der Waals surface area contributed by atoms with Gasteiger partial charge in [-0.3, -0.25) is 9.35 Å². The zero-order chi connectivity index (χ0) is 25.9. The van der Waals surface area contributed by atoms with Gasteiger partial charge in [0.25, 0.3) is 10.1 Å². The van der Waals surface area contributed by atoms with Crippen LogP contribution in [0, 0.1) is 5.41 Å². The van der Waals surface area contributed by atoms with E-state index >= 15 is 0 Å². The molecule has 0 fully saturated rings. The fraction of sp³-hybridized carbons (Fsp3) is 0.538. The van der Waals surface area contributed by atoms with Crippen LogP contribution in [0.15, 0.2) is 58.7 Å². The minimum absolute atomic E-state index is 0.0861. The molecule has 2 N–H and O–H groups in total. The Morgan fingerprint density at radius 3 is 2.47 bits per heavy atom. The monoisotopic (exact) mass is 493 g/mol. The molecule has 0 aromatic carbocycles. The SMILES string of the molecule is CCCOC(=O)C(CS(=O)(=O)O)NC(=O)/C=C(C)/C=C/C=C(C)\C=C\C1=C(C)CCCC1(C)C. The van der Waals surface area contributed by atoms with Gasteiger partial charge < -0.3 is 10.1 Å². The lowest BCUT2D eigenvalue weighted by Crippen LogP contribution is -2.45. The first-order chi connectivity index (χ1) is 15.7. The van der Waals surface area contributed by atoms with Crippen LogP contribution in [0.2, 0.25) is 0 Å². The highest BCUT2D eigenvalue weighted by atomic mass is 32.2. The summed E-state index contributed by atoms with van der Waals surface area (Å²) in [6.45, 7) is 12.3. The molecular formula is C26H39NO6S. The van der Waals surface area contributed by atoms with E-state index in [2.05, 4.69) is 38.2 Å². The smallest absolute Gasteiger partial charge is 0.329 e. The number of carbonyl (C=O) groups is 2. The predicted molar refractivity (Wildman–Crippen MR) is 136 cm³/mol. The summed E-state index contributed by atoms with van der Waals surface area (Å²) in [7, 11) is -4.48. The van der Waals surface area contributed by atoms with Gasteiger partial charge in [0.15, 0.2) is 0 Å². The van der Waals surface area contributed by atoms with Gasteiger partial charge in [0.05, 0.1) is 6.61 Å². The first-order valence-electron chi connectivity index (χ1n) is 11.6. The van der Waals surface area contributed by atoms with Gasteiger partial charge in [-0.25, -0.2) is 4.79 Å². The molecule has 1 aliphatic rings. The average molecular weight is 494 g/mol. The predicted octanol–water partition coefficient (Wildman–Crippen LogP) is 4.84. The Bertz CT molecular complexity index is 996. The molecule has 0 aromatic rings. The molecule has 1 atom stereocenters. The molecule has 1 unspecified atom stereocenters. The molecule has 0 spiro atoms. The lowest BCUT2D eigenvalue weighted by atomic mass is 9.72. The van der Waals surface area contributed by atoms with Crippen LogP contribution in [0.1, 0.15) is 67.2 Å². The van der Waals surface area contributed by atoms with Crippen molar-refractivity contribution in [3.05, 3.63) is 58.7 Å². The van der Waals surface area contributed by atoms with Gasteiger partial charge in [-0.15, -0.1) is 0 Å². The molecule has 0 aliphatic heterocycles. The Labute approximate surface area is 204 Å². The number of ether oxygens (including phenoxy) is 1. The topological polar surface area (TPSA) is 110 Å². The molecule has 0 bridgehead atoms. The summed E-state index contributed by atoms with van der Waals surface area (Å²) in [4.78, 5) is 24.3. The molecule has 7 nitrogen and oxygen atoms in total. The highest BCUT2D eigenvalue weighted by Gasteiger charge is 2.27. The van der Waals surface area contributed by atoms with Crippen molar-refractivity contribution in [2.45, 2.75) is 73.3 Å². The third-order valence-corrected chi connectivity index (χ3v) is 6.31. The molecule has 1 amide bonds. The van der Waals surface area contributed by atoms with E-state index in [9.17, 15) is 18.0 Å². The zero-order valence-corrected chi connectivity index (χ0v) is 22.0. The van der Waals surface area contributed by atoms with Crippen LogP contribution >= 0.6 is 0 Å². The van der Waals surface area contributed by atoms with Crippen LogP contribution in [0.4, 0.5) is 0 Å². The first-order valence-corrected chi connectivity index (χ1v) is 13.2. The second-order valence-corrected chi connectivity index (χ2v) is 10.9. The summed E-state index contributed by atoms with van der Waals surface area (Å²) in [6.07, 6.45) is 15.1. The fourth-order valence-corrected chi connectivity index (χ4v) is 4.42. The number of carbonyl (C=O) groups excluding carboxylic acids is 2. The van der Waals surface area contributed by atoms with Gasteiger partial charge in [-0.2, -0.15) is 8.42 Å². The summed E-state index contributed by atoms with van der Waals surface area (Å²) in [5.74, 6) is -2.52. The van der Waals surface area contributed by atoms with Gasteiger partial charge in [0, 0.05) is 6.08 Å². The molecule has 190 valence electrons. The molecular weight excluding hydrogens is 454 g/mol. The largest absolute Gasteiger partial charge is 0.464 e. The second kappa shape index (κ2) is 13.4. The molecule has 0 aromatic heterocycles. The Balaban J connectivity index is 2.81. The van der Waals surface area contributed by atoms with Crippen LogP contribution < -0.4 is 5.32 Å². The van der Waals surface area contributed by atoms with E-state index in [1.165, 1.54) is 30.1 Å². The summed E-state index contributed by atoms with van der Waals surface area (Å²) < 4.78 is 36.4. The molecule has 0 radical (unpaired) electrons. The molecule has 34 heavy (non-hydrogen) atoms. The second-order valence-electron chi connectivity index (χ2n) is 9.40. The summed E-state index contributed by atoms with van der Waals surface area (Å²) in [6, 6.07) is -1.49. The lowest BCUT2D eigenvalue weighted by molar-refractivity contribution is -0.146. The number of esters is 1. The van der Waals surface area contributed by atoms with Crippen LogP contribution in [0.3, 0.4) is 0 Å². The number of hydrogen-bond acceptors (Lipinski definition) is 5. The Morgan fingerprint density at radius 1 is 1.21 bits per heavy atom. The zero-order valence-electron chi connectivity index (χ0n) is 21.2. The highest BCUT2D eigenvalue weighted by molar-refractivity contribution is 7.85. The van der Waals surface area contributed by atoms with Gasteiger partial charge in [0.2, 0.25) is 5.91 Å². The van der Waals surface area contributed by atoms with Crippen molar-refractivity contribution in [1.29, 1.82) is 0 Å². The van der Waals surface area contributed by atoms with Gasteiger partial charge >= 0.3 is 5.97 Å². The fourth-order valence-electron chi connectivity index (χ4n) is 3.78.